The molecule has 3 aromatic carbocycles. The van der Waals surface area contributed by atoms with Gasteiger partial charge in [-0.15, -0.1) is 0 Å². The summed E-state index contributed by atoms with van der Waals surface area (Å²) in [5, 5.41) is 44.9. The Bertz CT molecular complexity index is 1640. The predicted octanol–water partition coefficient (Wildman–Crippen LogP) is -0.656. The van der Waals surface area contributed by atoms with Crippen molar-refractivity contribution in [3.63, 3.8) is 0 Å². The number of rotatable bonds is 8. The molecule has 1 amide bonds. The molecule has 39 heavy (non-hydrogen) atoms. The molecule has 1 heterocycles. The molecule has 0 spiro atoms. The second kappa shape index (κ2) is 11.7. The Morgan fingerprint density at radius 1 is 1.13 bits per heavy atom. The molecule has 0 radical (unpaired) electrons. The number of azo groups is 1. The largest absolute Gasteiger partial charge is 1.00 e. The van der Waals surface area contributed by atoms with Gasteiger partial charge in [0.25, 0.3) is 21.6 Å². The Balaban J connectivity index is 0.00000420. The number of benzene rings is 3. The third-order valence-electron chi connectivity index (χ3n) is 5.31. The molecular weight excluding hydrogens is 543 g/mol. The number of non-ortho nitro benzene ring substituents is 1. The molecule has 0 fully saturated rings. The van der Waals surface area contributed by atoms with Crippen LogP contribution >= 0.6 is 0 Å². The van der Waals surface area contributed by atoms with Gasteiger partial charge in [-0.3, -0.25) is 19.6 Å². The van der Waals surface area contributed by atoms with Crippen molar-refractivity contribution in [1.82, 2.24) is 0 Å². The molecule has 0 aliphatic carbocycles. The molecule has 4 rings (SSSR count). The monoisotopic (exact) mass is 560 g/mol. The second-order valence-corrected chi connectivity index (χ2v) is 9.56. The number of carbonyl (C=O) groups is 2. The van der Waals surface area contributed by atoms with Crippen molar-refractivity contribution in [2.75, 3.05) is 9.73 Å². The van der Waals surface area contributed by atoms with E-state index in [0.29, 0.717) is 0 Å². The zero-order valence-corrected chi connectivity index (χ0v) is 23.2. The molecule has 1 unspecified atom stereocenters. The van der Waals surface area contributed by atoms with Crippen LogP contribution in [0.5, 0.6) is 5.75 Å². The topological polar surface area (TPSA) is 207 Å². The SMILES string of the molecule is CC1=NN(c2cccc(S(=O)(=O)Nc3ccccc3C(=O)[O-])c2)C(=O)C1N=Nc1ccc([N+](=O)[O-])cc1O.[Na+]. The molecule has 0 aromatic heterocycles. The maximum atomic E-state index is 13.0. The fraction of sp³-hybridized carbons (Fsp3) is 0.0870. The molecule has 1 aliphatic heterocycles. The third kappa shape index (κ3) is 6.28. The molecule has 16 heteroatoms. The zero-order chi connectivity index (χ0) is 27.6. The minimum atomic E-state index is -4.27. The van der Waals surface area contributed by atoms with Crippen molar-refractivity contribution < 1.29 is 62.7 Å². The maximum Gasteiger partial charge on any atom is 1.00 e. The van der Waals surface area contributed by atoms with E-state index in [1.165, 1.54) is 61.5 Å². The van der Waals surface area contributed by atoms with Gasteiger partial charge in [0.15, 0.2) is 6.04 Å². The average Bonchev–Trinajstić information content (AvgIpc) is 3.16. The van der Waals surface area contributed by atoms with E-state index in [1.54, 1.807) is 0 Å². The fourth-order valence-corrected chi connectivity index (χ4v) is 4.56. The van der Waals surface area contributed by atoms with Crippen molar-refractivity contribution >= 4 is 50.4 Å². The Morgan fingerprint density at radius 2 is 1.85 bits per heavy atom. The number of hydrogen-bond acceptors (Lipinski definition) is 11. The van der Waals surface area contributed by atoms with Gasteiger partial charge in [0.2, 0.25) is 0 Å². The number of hydrogen-bond donors (Lipinski definition) is 2. The van der Waals surface area contributed by atoms with Crippen LogP contribution in [0.1, 0.15) is 17.3 Å². The smallest absolute Gasteiger partial charge is 0.545 e. The van der Waals surface area contributed by atoms with Crippen LogP contribution in [0, 0.1) is 10.1 Å². The maximum absolute atomic E-state index is 13.0. The van der Waals surface area contributed by atoms with E-state index in [4.69, 9.17) is 0 Å². The number of carboxylic acid groups (broad SMARTS) is 1. The van der Waals surface area contributed by atoms with Crippen LogP contribution in [-0.2, 0) is 14.8 Å². The van der Waals surface area contributed by atoms with Crippen LogP contribution in [0.4, 0.5) is 22.7 Å². The van der Waals surface area contributed by atoms with Gasteiger partial charge < -0.3 is 15.0 Å². The van der Waals surface area contributed by atoms with Crippen LogP contribution in [0.25, 0.3) is 0 Å². The number of nitrogens with one attached hydrogen (secondary N) is 1. The number of hydrazone groups is 1. The standard InChI is InChI=1S/C23H18N6O8S.Na/c1-13-21(25-24-19-10-9-15(29(34)35)12-20(19)30)22(31)28(26-13)14-5-4-6-16(11-14)38(36,37)27-18-8-3-2-7-17(18)23(32)33;/h2-12,21,27,30H,1H3,(H,32,33);/q;+1/p-1. The van der Waals surface area contributed by atoms with Gasteiger partial charge >= 0.3 is 29.6 Å². The van der Waals surface area contributed by atoms with Crippen LogP contribution in [0.2, 0.25) is 0 Å². The summed E-state index contributed by atoms with van der Waals surface area (Å²) >= 11 is 0. The molecule has 14 nitrogen and oxygen atoms in total. The molecule has 0 saturated heterocycles. The Morgan fingerprint density at radius 3 is 2.51 bits per heavy atom. The number of sulfonamides is 1. The summed E-state index contributed by atoms with van der Waals surface area (Å²) in [6, 6.07) is 12.5. The number of para-hydroxylation sites is 1. The second-order valence-electron chi connectivity index (χ2n) is 7.88. The molecule has 1 aliphatic rings. The third-order valence-corrected chi connectivity index (χ3v) is 6.67. The van der Waals surface area contributed by atoms with E-state index in [-0.39, 0.29) is 68.5 Å². The average molecular weight is 560 g/mol. The quantitative estimate of drug-likeness (QED) is 0.156. The van der Waals surface area contributed by atoms with Gasteiger partial charge in [-0.1, -0.05) is 24.3 Å². The number of carbonyl (C=O) groups excluding carboxylic acids is 2. The molecule has 3 aromatic rings. The van der Waals surface area contributed by atoms with E-state index >= 15 is 0 Å². The number of aromatic carboxylic acids is 1. The number of nitro groups is 1. The molecule has 2 N–H and O–H groups in total. The number of nitro benzene ring substituents is 1. The van der Waals surface area contributed by atoms with E-state index in [2.05, 4.69) is 20.1 Å². The first-order valence-electron chi connectivity index (χ1n) is 10.7. The summed E-state index contributed by atoms with van der Waals surface area (Å²) < 4.78 is 28.1. The Labute approximate surface area is 243 Å². The zero-order valence-electron chi connectivity index (χ0n) is 20.4. The van der Waals surface area contributed by atoms with Crippen molar-refractivity contribution in [3.05, 3.63) is 82.4 Å². The van der Waals surface area contributed by atoms with Gasteiger partial charge in [0.1, 0.15) is 11.4 Å². The van der Waals surface area contributed by atoms with Crippen LogP contribution < -0.4 is 44.4 Å². The first-order valence-corrected chi connectivity index (χ1v) is 12.2. The minimum Gasteiger partial charge on any atom is -0.545 e. The van der Waals surface area contributed by atoms with Gasteiger partial charge in [0.05, 0.1) is 38.9 Å². The number of phenols is 1. The van der Waals surface area contributed by atoms with Crippen LogP contribution in [0.15, 0.2) is 87.0 Å². The summed E-state index contributed by atoms with van der Waals surface area (Å²) in [7, 11) is -4.27. The minimum absolute atomic E-state index is 0. The number of amides is 1. The number of anilines is 2. The van der Waals surface area contributed by atoms with Crippen LogP contribution in [-0.4, -0.2) is 42.1 Å². The summed E-state index contributed by atoms with van der Waals surface area (Å²) in [5.41, 5.74) is -0.704. The number of nitrogens with zero attached hydrogens (tertiary/aromatic N) is 5. The summed E-state index contributed by atoms with van der Waals surface area (Å²) in [6.45, 7) is 1.50. The normalized spacial score (nSPS) is 15.1. The first kappa shape index (κ1) is 29.4. The molecular formula is C23H17N6NaO8S. The fourth-order valence-electron chi connectivity index (χ4n) is 3.44. The van der Waals surface area contributed by atoms with Crippen molar-refractivity contribution in [2.24, 2.45) is 15.3 Å². The van der Waals surface area contributed by atoms with Crippen LogP contribution in [0.3, 0.4) is 0 Å². The number of aromatic hydroxyl groups is 1. The van der Waals surface area contributed by atoms with Gasteiger partial charge in [-0.2, -0.15) is 20.3 Å². The van der Waals surface area contributed by atoms with E-state index in [9.17, 15) is 38.3 Å². The first-order chi connectivity index (χ1) is 18.0. The molecule has 1 atom stereocenters. The number of carboxylic acids is 1. The van der Waals surface area contributed by atoms with Crippen molar-refractivity contribution in [3.8, 4) is 5.75 Å². The summed E-state index contributed by atoms with van der Waals surface area (Å²) in [5.74, 6) is -2.74. The van der Waals surface area contributed by atoms with E-state index < -0.39 is 38.6 Å². The Kier molecular flexibility index (Phi) is 8.81. The van der Waals surface area contributed by atoms with Crippen molar-refractivity contribution in [2.45, 2.75) is 17.9 Å². The van der Waals surface area contributed by atoms with Crippen molar-refractivity contribution in [1.29, 1.82) is 0 Å². The van der Waals surface area contributed by atoms with Gasteiger partial charge in [-0.25, -0.2) is 8.42 Å². The summed E-state index contributed by atoms with van der Waals surface area (Å²) in [4.78, 5) is 34.2. The van der Waals surface area contributed by atoms with Gasteiger partial charge in [-0.05, 0) is 37.3 Å². The van der Waals surface area contributed by atoms with E-state index in [0.717, 1.165) is 17.1 Å². The van der Waals surface area contributed by atoms with E-state index in [1.807, 2.05) is 0 Å². The summed E-state index contributed by atoms with van der Waals surface area (Å²) in [6.07, 6.45) is 0. The molecule has 0 bridgehead atoms. The van der Waals surface area contributed by atoms with Gasteiger partial charge in [0, 0.05) is 11.6 Å². The molecule has 0 saturated carbocycles. The number of phenolic OH excluding ortho intramolecular Hbond substituents is 1. The molecule has 194 valence electrons. The predicted molar refractivity (Wildman–Crippen MR) is 132 cm³/mol. The Hall–Kier alpha value is -4.18.